The SMILES string of the molecule is Cc1cc(CNC(C)c2ccc(Cl)s2)c(C)s1. The molecule has 4 heteroatoms. The van der Waals surface area contributed by atoms with E-state index < -0.39 is 0 Å². The number of aryl methyl sites for hydroxylation is 2. The molecule has 2 aromatic heterocycles. The van der Waals surface area contributed by atoms with Crippen LogP contribution in [0, 0.1) is 13.8 Å². The summed E-state index contributed by atoms with van der Waals surface area (Å²) in [6, 6.07) is 6.67. The van der Waals surface area contributed by atoms with Gasteiger partial charge in [0.1, 0.15) is 0 Å². The van der Waals surface area contributed by atoms with Crippen LogP contribution in [0.5, 0.6) is 0 Å². The molecule has 1 atom stereocenters. The molecule has 1 unspecified atom stereocenters. The number of nitrogens with one attached hydrogen (secondary N) is 1. The Morgan fingerprint density at radius 3 is 2.59 bits per heavy atom. The normalized spacial score (nSPS) is 12.9. The Hall–Kier alpha value is -0.350. The van der Waals surface area contributed by atoms with E-state index in [0.717, 1.165) is 10.9 Å². The molecule has 0 aliphatic rings. The van der Waals surface area contributed by atoms with Crippen molar-refractivity contribution in [1.29, 1.82) is 0 Å². The Morgan fingerprint density at radius 2 is 2.06 bits per heavy atom. The van der Waals surface area contributed by atoms with Crippen LogP contribution in [0.4, 0.5) is 0 Å². The number of thiophene rings is 2. The number of halogens is 1. The summed E-state index contributed by atoms with van der Waals surface area (Å²) in [5.41, 5.74) is 1.40. The standard InChI is InChI=1S/C13H16ClNS2/c1-8-6-11(10(3)16-8)7-15-9(2)12-4-5-13(14)17-12/h4-6,9,15H,7H2,1-3H3. The molecular weight excluding hydrogens is 270 g/mol. The van der Waals surface area contributed by atoms with E-state index in [2.05, 4.69) is 38.2 Å². The molecule has 1 N–H and O–H groups in total. The average molecular weight is 286 g/mol. The van der Waals surface area contributed by atoms with Crippen LogP contribution in [0.15, 0.2) is 18.2 Å². The van der Waals surface area contributed by atoms with Crippen LogP contribution in [0.3, 0.4) is 0 Å². The second-order valence-electron chi connectivity index (χ2n) is 4.18. The first-order valence-corrected chi connectivity index (χ1v) is 7.62. The molecular formula is C13H16ClNS2. The van der Waals surface area contributed by atoms with Crippen LogP contribution < -0.4 is 5.32 Å². The van der Waals surface area contributed by atoms with Crippen LogP contribution in [0.2, 0.25) is 4.34 Å². The van der Waals surface area contributed by atoms with Gasteiger partial charge in [-0.25, -0.2) is 0 Å². The van der Waals surface area contributed by atoms with Gasteiger partial charge in [0, 0.05) is 27.2 Å². The zero-order chi connectivity index (χ0) is 12.4. The molecule has 0 bridgehead atoms. The third-order valence-electron chi connectivity index (χ3n) is 2.76. The van der Waals surface area contributed by atoms with Gasteiger partial charge in [-0.3, -0.25) is 0 Å². The van der Waals surface area contributed by atoms with Gasteiger partial charge in [-0.15, -0.1) is 22.7 Å². The summed E-state index contributed by atoms with van der Waals surface area (Å²) in [5, 5.41) is 3.54. The third-order valence-corrected chi connectivity index (χ3v) is 5.19. The Balaban J connectivity index is 1.96. The minimum atomic E-state index is 0.354. The van der Waals surface area contributed by atoms with Crippen molar-refractivity contribution in [2.45, 2.75) is 33.4 Å². The van der Waals surface area contributed by atoms with Crippen molar-refractivity contribution in [2.24, 2.45) is 0 Å². The number of rotatable bonds is 4. The molecule has 2 heterocycles. The molecule has 2 rings (SSSR count). The van der Waals surface area contributed by atoms with Gasteiger partial charge in [-0.05, 0) is 44.5 Å². The Bertz CT molecular complexity index is 501. The highest BCUT2D eigenvalue weighted by Crippen LogP contribution is 2.27. The predicted octanol–water partition coefficient (Wildman–Crippen LogP) is 4.93. The average Bonchev–Trinajstić information content (AvgIpc) is 2.82. The van der Waals surface area contributed by atoms with E-state index in [1.165, 1.54) is 20.2 Å². The zero-order valence-corrected chi connectivity index (χ0v) is 12.6. The molecule has 0 spiro atoms. The molecule has 0 aliphatic carbocycles. The lowest BCUT2D eigenvalue weighted by Gasteiger charge is -2.11. The van der Waals surface area contributed by atoms with Crippen molar-refractivity contribution in [3.63, 3.8) is 0 Å². The minimum absolute atomic E-state index is 0.354. The highest BCUT2D eigenvalue weighted by molar-refractivity contribution is 7.16. The van der Waals surface area contributed by atoms with Gasteiger partial charge in [0.05, 0.1) is 4.34 Å². The molecule has 1 nitrogen and oxygen atoms in total. The summed E-state index contributed by atoms with van der Waals surface area (Å²) >= 11 is 9.45. The monoisotopic (exact) mass is 285 g/mol. The van der Waals surface area contributed by atoms with E-state index in [1.54, 1.807) is 11.3 Å². The van der Waals surface area contributed by atoms with E-state index in [1.807, 2.05) is 17.4 Å². The van der Waals surface area contributed by atoms with Crippen LogP contribution in [0.1, 0.15) is 33.2 Å². The van der Waals surface area contributed by atoms with Gasteiger partial charge in [0.2, 0.25) is 0 Å². The van der Waals surface area contributed by atoms with Crippen molar-refractivity contribution < 1.29 is 0 Å². The van der Waals surface area contributed by atoms with Crippen molar-refractivity contribution in [2.75, 3.05) is 0 Å². The summed E-state index contributed by atoms with van der Waals surface area (Å²) in [7, 11) is 0. The third kappa shape index (κ3) is 3.32. The van der Waals surface area contributed by atoms with Gasteiger partial charge in [0.25, 0.3) is 0 Å². The van der Waals surface area contributed by atoms with Crippen molar-refractivity contribution >= 4 is 34.3 Å². The quantitative estimate of drug-likeness (QED) is 0.840. The lowest BCUT2D eigenvalue weighted by atomic mass is 10.2. The van der Waals surface area contributed by atoms with Crippen LogP contribution >= 0.6 is 34.3 Å². The Morgan fingerprint density at radius 1 is 1.29 bits per heavy atom. The second-order valence-corrected chi connectivity index (χ2v) is 7.39. The lowest BCUT2D eigenvalue weighted by Crippen LogP contribution is -2.17. The molecule has 0 saturated carbocycles. The molecule has 2 aromatic rings. The predicted molar refractivity (Wildman–Crippen MR) is 78.4 cm³/mol. The summed E-state index contributed by atoms with van der Waals surface area (Å²) < 4.78 is 0.858. The first kappa shape index (κ1) is 13.1. The summed E-state index contributed by atoms with van der Waals surface area (Å²) in [6.45, 7) is 7.44. The highest BCUT2D eigenvalue weighted by Gasteiger charge is 2.09. The lowest BCUT2D eigenvalue weighted by molar-refractivity contribution is 0.582. The van der Waals surface area contributed by atoms with Crippen LogP contribution in [-0.2, 0) is 6.54 Å². The fourth-order valence-corrected chi connectivity index (χ4v) is 3.82. The molecule has 0 aliphatic heterocycles. The first-order valence-electron chi connectivity index (χ1n) is 5.61. The van der Waals surface area contributed by atoms with Gasteiger partial charge >= 0.3 is 0 Å². The smallest absolute Gasteiger partial charge is 0.0931 e. The van der Waals surface area contributed by atoms with Crippen LogP contribution in [-0.4, -0.2) is 0 Å². The fourth-order valence-electron chi connectivity index (χ4n) is 1.78. The van der Waals surface area contributed by atoms with Gasteiger partial charge in [-0.1, -0.05) is 11.6 Å². The number of hydrogen-bond donors (Lipinski definition) is 1. The van der Waals surface area contributed by atoms with Crippen LogP contribution in [0.25, 0.3) is 0 Å². The molecule has 0 saturated heterocycles. The minimum Gasteiger partial charge on any atom is -0.305 e. The maximum atomic E-state index is 5.94. The van der Waals surface area contributed by atoms with E-state index in [-0.39, 0.29) is 0 Å². The Labute approximate surface area is 115 Å². The molecule has 92 valence electrons. The molecule has 0 aromatic carbocycles. The zero-order valence-electron chi connectivity index (χ0n) is 10.2. The van der Waals surface area contributed by atoms with Crippen molar-refractivity contribution in [3.8, 4) is 0 Å². The van der Waals surface area contributed by atoms with E-state index in [9.17, 15) is 0 Å². The fraction of sp³-hybridized carbons (Fsp3) is 0.385. The Kier molecular flexibility index (Phi) is 4.26. The van der Waals surface area contributed by atoms with Gasteiger partial charge in [-0.2, -0.15) is 0 Å². The van der Waals surface area contributed by atoms with E-state index >= 15 is 0 Å². The summed E-state index contributed by atoms with van der Waals surface area (Å²) in [4.78, 5) is 4.08. The van der Waals surface area contributed by atoms with Crippen molar-refractivity contribution in [1.82, 2.24) is 5.32 Å². The summed E-state index contributed by atoms with van der Waals surface area (Å²) in [6.07, 6.45) is 0. The van der Waals surface area contributed by atoms with E-state index in [0.29, 0.717) is 6.04 Å². The van der Waals surface area contributed by atoms with E-state index in [4.69, 9.17) is 11.6 Å². The maximum absolute atomic E-state index is 5.94. The first-order chi connectivity index (χ1) is 8.06. The number of hydrogen-bond acceptors (Lipinski definition) is 3. The molecule has 17 heavy (non-hydrogen) atoms. The topological polar surface area (TPSA) is 12.0 Å². The van der Waals surface area contributed by atoms with Gasteiger partial charge in [0.15, 0.2) is 0 Å². The van der Waals surface area contributed by atoms with Gasteiger partial charge < -0.3 is 5.32 Å². The molecule has 0 radical (unpaired) electrons. The highest BCUT2D eigenvalue weighted by atomic mass is 35.5. The second kappa shape index (κ2) is 5.53. The van der Waals surface area contributed by atoms with Crippen molar-refractivity contribution in [3.05, 3.63) is 42.7 Å². The molecule has 0 fully saturated rings. The maximum Gasteiger partial charge on any atom is 0.0931 e. The summed E-state index contributed by atoms with van der Waals surface area (Å²) in [5.74, 6) is 0. The largest absolute Gasteiger partial charge is 0.305 e. The molecule has 0 amide bonds.